The van der Waals surface area contributed by atoms with Crippen molar-refractivity contribution in [2.24, 2.45) is 5.73 Å². The van der Waals surface area contributed by atoms with E-state index in [2.05, 4.69) is 29.8 Å². The molecule has 0 radical (unpaired) electrons. The Morgan fingerprint density at radius 3 is 2.53 bits per heavy atom. The van der Waals surface area contributed by atoms with Crippen LogP contribution >= 0.6 is 15.9 Å². The first-order valence-corrected chi connectivity index (χ1v) is 7.73. The van der Waals surface area contributed by atoms with Crippen LogP contribution < -0.4 is 15.2 Å². The van der Waals surface area contributed by atoms with Crippen LogP contribution in [0.2, 0.25) is 0 Å². The lowest BCUT2D eigenvalue weighted by Crippen LogP contribution is -2.44. The maximum Gasteiger partial charge on any atom is 0.165 e. The third-order valence-electron chi connectivity index (χ3n) is 4.14. The highest BCUT2D eigenvalue weighted by Crippen LogP contribution is 2.51. The van der Waals surface area contributed by atoms with Crippen molar-refractivity contribution in [2.45, 2.75) is 44.6 Å². The van der Waals surface area contributed by atoms with Crippen molar-refractivity contribution in [1.29, 1.82) is 0 Å². The largest absolute Gasteiger partial charge is 0.486 e. The number of halogens is 1. The van der Waals surface area contributed by atoms with Gasteiger partial charge in [0.05, 0.1) is 0 Å². The summed E-state index contributed by atoms with van der Waals surface area (Å²) in [6, 6.07) is 2.02. The predicted octanol–water partition coefficient (Wildman–Crippen LogP) is 3.68. The molecule has 2 N–H and O–H groups in total. The van der Waals surface area contributed by atoms with E-state index in [4.69, 9.17) is 15.2 Å². The van der Waals surface area contributed by atoms with Crippen LogP contribution in [0, 0.1) is 0 Å². The number of nitrogens with two attached hydrogens (primary N) is 1. The molecule has 1 saturated carbocycles. The maximum atomic E-state index is 6.57. The Labute approximate surface area is 122 Å². The van der Waals surface area contributed by atoms with Gasteiger partial charge in [-0.1, -0.05) is 29.8 Å². The minimum atomic E-state index is -0.200. The molecule has 0 atom stereocenters. The van der Waals surface area contributed by atoms with Crippen LogP contribution in [0.15, 0.2) is 10.5 Å². The van der Waals surface area contributed by atoms with E-state index in [1.54, 1.807) is 0 Å². The minimum Gasteiger partial charge on any atom is -0.486 e. The smallest absolute Gasteiger partial charge is 0.165 e. The monoisotopic (exact) mass is 325 g/mol. The van der Waals surface area contributed by atoms with Gasteiger partial charge in [0.1, 0.15) is 13.2 Å². The molecule has 1 aliphatic heterocycles. The van der Waals surface area contributed by atoms with E-state index in [9.17, 15) is 0 Å². The maximum absolute atomic E-state index is 6.57. The summed E-state index contributed by atoms with van der Waals surface area (Å²) in [6.07, 6.45) is 3.30. The van der Waals surface area contributed by atoms with Gasteiger partial charge in [-0.3, -0.25) is 0 Å². The topological polar surface area (TPSA) is 44.5 Å². The lowest BCUT2D eigenvalue weighted by molar-refractivity contribution is 0.167. The summed E-state index contributed by atoms with van der Waals surface area (Å²) in [6.45, 7) is 5.60. The Morgan fingerprint density at radius 2 is 1.95 bits per heavy atom. The van der Waals surface area contributed by atoms with Crippen LogP contribution in [-0.2, 0) is 5.54 Å². The highest BCUT2D eigenvalue weighted by atomic mass is 79.9. The van der Waals surface area contributed by atoms with Crippen LogP contribution in [0.4, 0.5) is 0 Å². The summed E-state index contributed by atoms with van der Waals surface area (Å²) >= 11 is 3.69. The van der Waals surface area contributed by atoms with Gasteiger partial charge in [0.25, 0.3) is 0 Å². The van der Waals surface area contributed by atoms with Crippen molar-refractivity contribution < 1.29 is 9.47 Å². The first kappa shape index (κ1) is 13.3. The molecule has 0 unspecified atom stereocenters. The Hall–Kier alpha value is -0.740. The van der Waals surface area contributed by atoms with Crippen molar-refractivity contribution in [3.05, 3.63) is 21.7 Å². The summed E-state index contributed by atoms with van der Waals surface area (Å²) in [5.74, 6) is 2.11. The SMILES string of the molecule is CC(C)c1c2c(cc(Br)c1C1(N)CCC1)OCCO2. The second-order valence-corrected chi connectivity index (χ2v) is 6.69. The Morgan fingerprint density at radius 1 is 1.26 bits per heavy atom. The number of hydrogen-bond donors (Lipinski definition) is 1. The number of fused-ring (bicyclic) bond motifs is 1. The molecule has 3 rings (SSSR count). The van der Waals surface area contributed by atoms with Crippen molar-refractivity contribution in [3.63, 3.8) is 0 Å². The van der Waals surface area contributed by atoms with Crippen LogP contribution in [0.1, 0.15) is 50.2 Å². The molecule has 1 aliphatic carbocycles. The first-order chi connectivity index (χ1) is 9.03. The quantitative estimate of drug-likeness (QED) is 0.902. The average Bonchev–Trinajstić information content (AvgIpc) is 2.34. The van der Waals surface area contributed by atoms with Crippen LogP contribution in [-0.4, -0.2) is 13.2 Å². The molecule has 0 aromatic heterocycles. The van der Waals surface area contributed by atoms with Gasteiger partial charge in [-0.2, -0.15) is 0 Å². The summed E-state index contributed by atoms with van der Waals surface area (Å²) in [7, 11) is 0. The Bertz CT molecular complexity index is 509. The van der Waals surface area contributed by atoms with Crippen molar-refractivity contribution in [3.8, 4) is 11.5 Å². The summed E-state index contributed by atoms with van der Waals surface area (Å²) in [5, 5.41) is 0. The first-order valence-electron chi connectivity index (χ1n) is 6.94. The summed E-state index contributed by atoms with van der Waals surface area (Å²) < 4.78 is 12.7. The highest BCUT2D eigenvalue weighted by Gasteiger charge is 2.40. The molecule has 1 fully saturated rings. The molecule has 1 aromatic carbocycles. The number of rotatable bonds is 2. The summed E-state index contributed by atoms with van der Waals surface area (Å²) in [4.78, 5) is 0. The molecule has 0 bridgehead atoms. The van der Waals surface area contributed by atoms with E-state index in [0.29, 0.717) is 19.1 Å². The van der Waals surface area contributed by atoms with Crippen molar-refractivity contribution in [1.82, 2.24) is 0 Å². The summed E-state index contributed by atoms with van der Waals surface area (Å²) in [5.41, 5.74) is 8.80. The normalized spacial score (nSPS) is 20.3. The molecule has 104 valence electrons. The number of ether oxygens (including phenoxy) is 2. The van der Waals surface area contributed by atoms with E-state index < -0.39 is 0 Å². The van der Waals surface area contributed by atoms with Gasteiger partial charge in [0.2, 0.25) is 0 Å². The molecule has 0 saturated heterocycles. The van der Waals surface area contributed by atoms with E-state index in [1.165, 1.54) is 17.5 Å². The van der Waals surface area contributed by atoms with Crippen LogP contribution in [0.3, 0.4) is 0 Å². The van der Waals surface area contributed by atoms with Gasteiger partial charge < -0.3 is 15.2 Å². The average molecular weight is 326 g/mol. The molecule has 4 heteroatoms. The molecule has 3 nitrogen and oxygen atoms in total. The van der Waals surface area contributed by atoms with Gasteiger partial charge in [-0.05, 0) is 36.8 Å². The zero-order valence-electron chi connectivity index (χ0n) is 11.5. The van der Waals surface area contributed by atoms with E-state index >= 15 is 0 Å². The highest BCUT2D eigenvalue weighted by molar-refractivity contribution is 9.10. The molecular formula is C15H20BrNO2. The molecule has 1 aromatic rings. The van der Waals surface area contributed by atoms with E-state index in [1.807, 2.05) is 6.07 Å². The van der Waals surface area contributed by atoms with Gasteiger partial charge in [0, 0.05) is 15.6 Å². The molecule has 0 spiro atoms. The van der Waals surface area contributed by atoms with Crippen LogP contribution in [0.25, 0.3) is 0 Å². The van der Waals surface area contributed by atoms with E-state index in [0.717, 1.165) is 28.8 Å². The zero-order chi connectivity index (χ0) is 13.6. The number of hydrogen-bond acceptors (Lipinski definition) is 3. The molecule has 2 aliphatic rings. The lowest BCUT2D eigenvalue weighted by Gasteiger charge is -2.42. The third-order valence-corrected chi connectivity index (χ3v) is 4.77. The van der Waals surface area contributed by atoms with Gasteiger partial charge >= 0.3 is 0 Å². The second kappa shape index (κ2) is 4.67. The van der Waals surface area contributed by atoms with Gasteiger partial charge in [-0.25, -0.2) is 0 Å². The Kier molecular flexibility index (Phi) is 3.26. The van der Waals surface area contributed by atoms with E-state index in [-0.39, 0.29) is 5.54 Å². The molecule has 1 heterocycles. The molecule has 0 amide bonds. The number of benzene rings is 1. The standard InChI is InChI=1S/C15H20BrNO2/c1-9(2)12-13(15(17)4-3-5-15)10(16)8-11-14(12)19-7-6-18-11/h8-9H,3-7,17H2,1-2H3. The third kappa shape index (κ3) is 2.05. The molecule has 19 heavy (non-hydrogen) atoms. The Balaban J connectivity index is 2.22. The minimum absolute atomic E-state index is 0.200. The van der Waals surface area contributed by atoms with Crippen LogP contribution in [0.5, 0.6) is 11.5 Å². The second-order valence-electron chi connectivity index (χ2n) is 5.84. The van der Waals surface area contributed by atoms with Gasteiger partial charge in [-0.15, -0.1) is 0 Å². The van der Waals surface area contributed by atoms with Crippen molar-refractivity contribution in [2.75, 3.05) is 13.2 Å². The fraction of sp³-hybridized carbons (Fsp3) is 0.600. The molecular weight excluding hydrogens is 306 g/mol. The fourth-order valence-corrected chi connectivity index (χ4v) is 3.86. The van der Waals surface area contributed by atoms with Crippen molar-refractivity contribution >= 4 is 15.9 Å². The zero-order valence-corrected chi connectivity index (χ0v) is 13.0. The fourth-order valence-electron chi connectivity index (χ4n) is 3.04. The predicted molar refractivity (Wildman–Crippen MR) is 78.9 cm³/mol. The van der Waals surface area contributed by atoms with Gasteiger partial charge in [0.15, 0.2) is 11.5 Å². The lowest BCUT2D eigenvalue weighted by atomic mass is 9.70.